The molecule has 0 unspecified atom stereocenters. The molecule has 2 N–H and O–H groups in total. The molecule has 30 heavy (non-hydrogen) atoms. The number of morpholine rings is 1. The fraction of sp³-hybridized carbons (Fsp3) is 0.348. The van der Waals surface area contributed by atoms with Gasteiger partial charge in [-0.15, -0.1) is 0 Å². The van der Waals surface area contributed by atoms with Crippen LogP contribution in [0.25, 0.3) is 11.3 Å². The molecule has 1 aliphatic heterocycles. The van der Waals surface area contributed by atoms with Crippen LogP contribution >= 0.6 is 0 Å². The number of benzene rings is 1. The Bertz CT molecular complexity index is 963. The Kier molecular flexibility index (Phi) is 5.81. The summed E-state index contributed by atoms with van der Waals surface area (Å²) in [6.07, 6.45) is 3.57. The Morgan fingerprint density at radius 1 is 1.00 bits per heavy atom. The largest absolute Gasteiger partial charge is 0.378 e. The van der Waals surface area contributed by atoms with Crippen LogP contribution in [0.3, 0.4) is 0 Å². The van der Waals surface area contributed by atoms with Gasteiger partial charge in [-0.2, -0.15) is 4.98 Å². The van der Waals surface area contributed by atoms with Gasteiger partial charge in [0.1, 0.15) is 5.82 Å². The molecule has 3 aromatic rings. The van der Waals surface area contributed by atoms with Crippen molar-refractivity contribution >= 4 is 23.1 Å². The van der Waals surface area contributed by atoms with Crippen molar-refractivity contribution in [2.24, 2.45) is 0 Å². The van der Waals surface area contributed by atoms with Crippen molar-refractivity contribution in [1.29, 1.82) is 0 Å². The van der Waals surface area contributed by atoms with E-state index in [-0.39, 0.29) is 5.54 Å². The highest BCUT2D eigenvalue weighted by molar-refractivity contribution is 5.68. The van der Waals surface area contributed by atoms with E-state index in [1.807, 2.05) is 24.4 Å². The van der Waals surface area contributed by atoms with E-state index in [1.165, 1.54) is 5.69 Å². The van der Waals surface area contributed by atoms with Gasteiger partial charge in [0, 0.05) is 54.0 Å². The Hall–Kier alpha value is -3.19. The molecule has 1 aliphatic rings. The third-order valence-electron chi connectivity index (χ3n) is 4.69. The number of hydrogen-bond donors (Lipinski definition) is 2. The van der Waals surface area contributed by atoms with Crippen molar-refractivity contribution in [2.75, 3.05) is 41.8 Å². The van der Waals surface area contributed by atoms with E-state index < -0.39 is 0 Å². The van der Waals surface area contributed by atoms with Crippen LogP contribution in [0.2, 0.25) is 0 Å². The van der Waals surface area contributed by atoms with Gasteiger partial charge in [-0.05, 0) is 57.2 Å². The number of pyridine rings is 1. The normalized spacial score (nSPS) is 14.4. The maximum absolute atomic E-state index is 5.44. The third-order valence-corrected chi connectivity index (χ3v) is 4.69. The van der Waals surface area contributed by atoms with Crippen LogP contribution in [0, 0.1) is 0 Å². The number of nitrogens with zero attached hydrogens (tertiary/aromatic N) is 4. The summed E-state index contributed by atoms with van der Waals surface area (Å²) in [4.78, 5) is 15.9. The SMILES string of the molecule is CC(C)(C)Nc1nc(Nc2ccc(N3CCOCC3)cc2)cc(-c2cccnc2)n1. The lowest BCUT2D eigenvalue weighted by atomic mass is 10.1. The number of rotatable bonds is 5. The van der Waals surface area contributed by atoms with Crippen molar-refractivity contribution in [3.8, 4) is 11.3 Å². The van der Waals surface area contributed by atoms with E-state index in [0.717, 1.165) is 49.1 Å². The van der Waals surface area contributed by atoms with E-state index in [2.05, 4.69) is 75.5 Å². The second-order valence-corrected chi connectivity index (χ2v) is 8.35. The lowest BCUT2D eigenvalue weighted by molar-refractivity contribution is 0.122. The zero-order valence-corrected chi connectivity index (χ0v) is 17.7. The second kappa shape index (κ2) is 8.67. The summed E-state index contributed by atoms with van der Waals surface area (Å²) < 4.78 is 5.44. The fourth-order valence-electron chi connectivity index (χ4n) is 3.29. The molecule has 0 amide bonds. The van der Waals surface area contributed by atoms with E-state index in [9.17, 15) is 0 Å². The monoisotopic (exact) mass is 404 g/mol. The van der Waals surface area contributed by atoms with Crippen molar-refractivity contribution in [2.45, 2.75) is 26.3 Å². The summed E-state index contributed by atoms with van der Waals surface area (Å²) in [6, 6.07) is 14.3. The van der Waals surface area contributed by atoms with Crippen LogP contribution in [0.15, 0.2) is 54.9 Å². The van der Waals surface area contributed by atoms with Crippen molar-refractivity contribution in [3.05, 3.63) is 54.9 Å². The molecular weight excluding hydrogens is 376 g/mol. The highest BCUT2D eigenvalue weighted by Crippen LogP contribution is 2.26. The highest BCUT2D eigenvalue weighted by atomic mass is 16.5. The number of nitrogens with one attached hydrogen (secondary N) is 2. The molecule has 4 rings (SSSR count). The Morgan fingerprint density at radius 2 is 1.77 bits per heavy atom. The van der Waals surface area contributed by atoms with Gasteiger partial charge in [0.15, 0.2) is 0 Å². The molecule has 2 aromatic heterocycles. The first-order chi connectivity index (χ1) is 14.5. The first-order valence-electron chi connectivity index (χ1n) is 10.2. The van der Waals surface area contributed by atoms with Crippen molar-refractivity contribution in [1.82, 2.24) is 15.0 Å². The zero-order valence-electron chi connectivity index (χ0n) is 17.7. The summed E-state index contributed by atoms with van der Waals surface area (Å²) >= 11 is 0. The number of anilines is 4. The van der Waals surface area contributed by atoms with Crippen LogP contribution < -0.4 is 15.5 Å². The minimum absolute atomic E-state index is 0.148. The predicted octanol–water partition coefficient (Wildman–Crippen LogP) is 4.33. The van der Waals surface area contributed by atoms with Gasteiger partial charge in [0.05, 0.1) is 18.9 Å². The third kappa shape index (κ3) is 5.24. The molecule has 0 atom stereocenters. The molecule has 1 saturated heterocycles. The van der Waals surface area contributed by atoms with E-state index >= 15 is 0 Å². The van der Waals surface area contributed by atoms with Crippen LogP contribution in [0.4, 0.5) is 23.1 Å². The lowest BCUT2D eigenvalue weighted by Crippen LogP contribution is -2.36. The first-order valence-corrected chi connectivity index (χ1v) is 10.2. The topological polar surface area (TPSA) is 75.2 Å². The molecule has 7 nitrogen and oxygen atoms in total. The van der Waals surface area contributed by atoms with Gasteiger partial charge >= 0.3 is 0 Å². The standard InChI is InChI=1S/C23H28N6O/c1-23(2,3)28-22-26-20(17-5-4-10-24-16-17)15-21(27-22)25-18-6-8-19(9-7-18)29-11-13-30-14-12-29/h4-10,15-16H,11-14H2,1-3H3,(H2,25,26,27,28). The molecular formula is C23H28N6O. The minimum Gasteiger partial charge on any atom is -0.378 e. The Labute approximate surface area is 177 Å². The quantitative estimate of drug-likeness (QED) is 0.655. The molecule has 1 fully saturated rings. The summed E-state index contributed by atoms with van der Waals surface area (Å²) in [7, 11) is 0. The maximum Gasteiger partial charge on any atom is 0.225 e. The second-order valence-electron chi connectivity index (χ2n) is 8.35. The fourth-order valence-corrected chi connectivity index (χ4v) is 3.29. The molecule has 1 aromatic carbocycles. The molecule has 7 heteroatoms. The molecule has 0 spiro atoms. The van der Waals surface area contributed by atoms with E-state index in [4.69, 9.17) is 4.74 Å². The molecule has 3 heterocycles. The summed E-state index contributed by atoms with van der Waals surface area (Å²) in [5.41, 5.74) is 3.80. The minimum atomic E-state index is -0.148. The average Bonchev–Trinajstić information content (AvgIpc) is 2.74. The Morgan fingerprint density at radius 3 is 2.43 bits per heavy atom. The number of aromatic nitrogens is 3. The van der Waals surface area contributed by atoms with Crippen LogP contribution in [-0.4, -0.2) is 46.8 Å². The van der Waals surface area contributed by atoms with Gasteiger partial charge in [-0.25, -0.2) is 4.98 Å². The van der Waals surface area contributed by atoms with Gasteiger partial charge in [0.25, 0.3) is 0 Å². The lowest BCUT2D eigenvalue weighted by Gasteiger charge is -2.29. The summed E-state index contributed by atoms with van der Waals surface area (Å²) in [5.74, 6) is 1.31. The van der Waals surface area contributed by atoms with Crippen LogP contribution in [0.1, 0.15) is 20.8 Å². The van der Waals surface area contributed by atoms with Gasteiger partial charge in [-0.1, -0.05) is 0 Å². The number of ether oxygens (including phenoxy) is 1. The molecule has 156 valence electrons. The maximum atomic E-state index is 5.44. The first kappa shape index (κ1) is 20.1. The van der Waals surface area contributed by atoms with Crippen LogP contribution in [-0.2, 0) is 4.74 Å². The van der Waals surface area contributed by atoms with Crippen LogP contribution in [0.5, 0.6) is 0 Å². The number of hydrogen-bond acceptors (Lipinski definition) is 7. The Balaban J connectivity index is 1.58. The smallest absolute Gasteiger partial charge is 0.225 e. The van der Waals surface area contributed by atoms with E-state index in [0.29, 0.717) is 5.95 Å². The van der Waals surface area contributed by atoms with Crippen molar-refractivity contribution < 1.29 is 4.74 Å². The highest BCUT2D eigenvalue weighted by Gasteiger charge is 2.15. The van der Waals surface area contributed by atoms with Gasteiger partial charge in [-0.3, -0.25) is 4.98 Å². The summed E-state index contributed by atoms with van der Waals surface area (Å²) in [6.45, 7) is 9.67. The zero-order chi connectivity index (χ0) is 21.0. The van der Waals surface area contributed by atoms with Gasteiger partial charge < -0.3 is 20.3 Å². The van der Waals surface area contributed by atoms with Gasteiger partial charge in [0.2, 0.25) is 5.95 Å². The average molecular weight is 405 g/mol. The molecule has 0 saturated carbocycles. The summed E-state index contributed by atoms with van der Waals surface area (Å²) in [5, 5.41) is 6.78. The van der Waals surface area contributed by atoms with E-state index in [1.54, 1.807) is 6.20 Å². The molecule has 0 aliphatic carbocycles. The predicted molar refractivity (Wildman–Crippen MR) is 121 cm³/mol. The van der Waals surface area contributed by atoms with Crippen molar-refractivity contribution in [3.63, 3.8) is 0 Å². The molecule has 0 radical (unpaired) electrons. The molecule has 0 bridgehead atoms.